The minimum absolute atomic E-state index is 0. The van der Waals surface area contributed by atoms with E-state index in [2.05, 4.69) is 33.1 Å². The topological polar surface area (TPSA) is 109 Å². The molecule has 0 saturated carbocycles. The van der Waals surface area contributed by atoms with Crippen LogP contribution in [0.3, 0.4) is 0 Å². The molecular formula is C22H26ClN5O2S. The van der Waals surface area contributed by atoms with Gasteiger partial charge in [0.25, 0.3) is 0 Å². The van der Waals surface area contributed by atoms with E-state index in [-0.39, 0.29) is 30.3 Å². The van der Waals surface area contributed by atoms with Crippen LogP contribution in [0.15, 0.2) is 36.4 Å². The molecule has 5 N–H and O–H groups in total. The molecule has 1 aliphatic heterocycles. The molecule has 0 spiro atoms. The predicted octanol–water partition coefficient (Wildman–Crippen LogP) is 2.44. The van der Waals surface area contributed by atoms with E-state index >= 15 is 0 Å². The van der Waals surface area contributed by atoms with E-state index in [1.54, 1.807) is 24.3 Å². The van der Waals surface area contributed by atoms with Crippen molar-refractivity contribution in [3.63, 3.8) is 0 Å². The number of amides is 2. The van der Waals surface area contributed by atoms with E-state index in [9.17, 15) is 9.59 Å². The molecule has 0 saturated heterocycles. The lowest BCUT2D eigenvalue weighted by Gasteiger charge is -2.25. The molecule has 9 heteroatoms. The van der Waals surface area contributed by atoms with Gasteiger partial charge in [0.2, 0.25) is 11.8 Å². The average Bonchev–Trinajstić information content (AvgIpc) is 3.10. The van der Waals surface area contributed by atoms with Crippen LogP contribution in [0.2, 0.25) is 0 Å². The fraction of sp³-hybridized carbons (Fsp3) is 0.318. The van der Waals surface area contributed by atoms with E-state index in [4.69, 9.17) is 5.73 Å². The number of fused-ring (bicyclic) bond motifs is 3. The Morgan fingerprint density at radius 2 is 2.06 bits per heavy atom. The Balaban J connectivity index is 0.00000272. The van der Waals surface area contributed by atoms with E-state index in [0.29, 0.717) is 25.3 Å². The summed E-state index contributed by atoms with van der Waals surface area (Å²) in [6.45, 7) is 4.54. The van der Waals surface area contributed by atoms with Gasteiger partial charge in [-0.15, -0.1) is 23.7 Å². The Kier molecular flexibility index (Phi) is 7.15. The molecule has 3 aromatic rings. The maximum absolute atomic E-state index is 12.8. The van der Waals surface area contributed by atoms with Gasteiger partial charge < -0.3 is 21.7 Å². The summed E-state index contributed by atoms with van der Waals surface area (Å²) in [4.78, 5) is 30.7. The highest BCUT2D eigenvalue weighted by atomic mass is 35.5. The third-order valence-corrected chi connectivity index (χ3v) is 6.65. The van der Waals surface area contributed by atoms with Crippen LogP contribution in [0.5, 0.6) is 0 Å². The molecule has 2 amide bonds. The zero-order valence-corrected chi connectivity index (χ0v) is 19.0. The van der Waals surface area contributed by atoms with Crippen molar-refractivity contribution >= 4 is 51.5 Å². The summed E-state index contributed by atoms with van der Waals surface area (Å²) in [7, 11) is 0. The quantitative estimate of drug-likeness (QED) is 0.468. The van der Waals surface area contributed by atoms with Crippen molar-refractivity contribution in [1.29, 1.82) is 0 Å². The first-order valence-electron chi connectivity index (χ1n) is 9.95. The highest BCUT2D eigenvalue weighted by Crippen LogP contribution is 2.34. The maximum atomic E-state index is 12.8. The van der Waals surface area contributed by atoms with Crippen LogP contribution >= 0.6 is 23.7 Å². The largest absolute Gasteiger partial charge is 0.384 e. The first-order chi connectivity index (χ1) is 14.4. The zero-order valence-electron chi connectivity index (χ0n) is 17.4. The van der Waals surface area contributed by atoms with Gasteiger partial charge in [-0.25, -0.2) is 4.98 Å². The lowest BCUT2D eigenvalue weighted by Crippen LogP contribution is -2.53. The molecule has 0 aliphatic carbocycles. The van der Waals surface area contributed by atoms with Gasteiger partial charge in [0.15, 0.2) is 0 Å². The number of anilines is 1. The molecule has 7 nitrogen and oxygen atoms in total. The number of pyridine rings is 1. The molecule has 0 bridgehead atoms. The normalized spacial score (nSPS) is 16.1. The summed E-state index contributed by atoms with van der Waals surface area (Å²) in [5.74, 6) is 0.0470. The van der Waals surface area contributed by atoms with Crippen molar-refractivity contribution in [2.45, 2.75) is 45.4 Å². The van der Waals surface area contributed by atoms with Gasteiger partial charge in [0, 0.05) is 28.4 Å². The Morgan fingerprint density at radius 3 is 2.84 bits per heavy atom. The van der Waals surface area contributed by atoms with Crippen LogP contribution in [0.1, 0.15) is 28.6 Å². The molecule has 164 valence electrons. The molecule has 3 heterocycles. The first kappa shape index (κ1) is 23.0. The van der Waals surface area contributed by atoms with E-state index in [0.717, 1.165) is 11.3 Å². The van der Waals surface area contributed by atoms with Gasteiger partial charge >= 0.3 is 0 Å². The standard InChI is InChI=1S/C22H25N5O2S.ClH/c1-12-14(7-8-20(23)26-12)10-25-21(28)13(2)27-22(29)17-9-16-15-5-3-4-6-18(15)30-19(16)11-24-17;/h3-8,13,17,24H,9-11H2,1-2H3,(H2,23,26)(H,25,28)(H,27,29);1H/t13-,17+;/m0./s1. The Morgan fingerprint density at radius 1 is 1.29 bits per heavy atom. The van der Waals surface area contributed by atoms with Crippen molar-refractivity contribution in [2.75, 3.05) is 5.73 Å². The van der Waals surface area contributed by atoms with Crippen LogP contribution in [0, 0.1) is 6.92 Å². The van der Waals surface area contributed by atoms with Crippen molar-refractivity contribution in [3.05, 3.63) is 58.1 Å². The number of rotatable bonds is 5. The number of nitrogens with zero attached hydrogens (tertiary/aromatic N) is 1. The lowest BCUT2D eigenvalue weighted by molar-refractivity contribution is -0.129. The monoisotopic (exact) mass is 459 g/mol. The summed E-state index contributed by atoms with van der Waals surface area (Å²) < 4.78 is 1.24. The molecule has 0 unspecified atom stereocenters. The average molecular weight is 460 g/mol. The predicted molar refractivity (Wildman–Crippen MR) is 126 cm³/mol. The van der Waals surface area contributed by atoms with Crippen LogP contribution in [-0.4, -0.2) is 28.9 Å². The van der Waals surface area contributed by atoms with Gasteiger partial charge in [0.1, 0.15) is 11.9 Å². The number of nitrogens with one attached hydrogen (secondary N) is 3. The van der Waals surface area contributed by atoms with Crippen LogP contribution < -0.4 is 21.7 Å². The SMILES string of the molecule is Cc1nc(N)ccc1CNC(=O)[C@H](C)NC(=O)[C@H]1Cc2c(sc3ccccc23)CN1.Cl. The summed E-state index contributed by atoms with van der Waals surface area (Å²) in [5, 5.41) is 10.2. The van der Waals surface area contributed by atoms with Gasteiger partial charge in [-0.05, 0) is 48.9 Å². The first-order valence-corrected chi connectivity index (χ1v) is 10.8. The summed E-state index contributed by atoms with van der Waals surface area (Å²) in [5.41, 5.74) is 8.56. The molecule has 1 aromatic carbocycles. The fourth-order valence-corrected chi connectivity index (χ4v) is 4.89. The van der Waals surface area contributed by atoms with Crippen molar-refractivity contribution < 1.29 is 9.59 Å². The number of halogens is 1. The second kappa shape index (κ2) is 9.64. The van der Waals surface area contributed by atoms with Crippen molar-refractivity contribution in [2.24, 2.45) is 0 Å². The highest BCUT2D eigenvalue weighted by Gasteiger charge is 2.28. The number of nitrogens with two attached hydrogens (primary N) is 1. The minimum Gasteiger partial charge on any atom is -0.384 e. The number of carbonyl (C=O) groups is 2. The number of hydrogen-bond donors (Lipinski definition) is 4. The summed E-state index contributed by atoms with van der Waals surface area (Å²) in [6.07, 6.45) is 0.621. The number of nitrogen functional groups attached to an aromatic ring is 1. The number of aromatic nitrogens is 1. The molecule has 2 aromatic heterocycles. The molecule has 4 rings (SSSR count). The Bertz CT molecular complexity index is 1120. The van der Waals surface area contributed by atoms with Gasteiger partial charge in [-0.3, -0.25) is 9.59 Å². The van der Waals surface area contributed by atoms with Crippen molar-refractivity contribution in [3.8, 4) is 0 Å². The Labute approximate surface area is 191 Å². The van der Waals surface area contributed by atoms with Crippen LogP contribution in [0.25, 0.3) is 10.1 Å². The molecule has 1 aliphatic rings. The van der Waals surface area contributed by atoms with Crippen molar-refractivity contribution in [1.82, 2.24) is 20.9 Å². The third kappa shape index (κ3) is 4.98. The Hall–Kier alpha value is -2.68. The summed E-state index contributed by atoms with van der Waals surface area (Å²) in [6, 6.07) is 10.8. The van der Waals surface area contributed by atoms with Crippen LogP contribution in [-0.2, 0) is 29.1 Å². The van der Waals surface area contributed by atoms with E-state index in [1.165, 1.54) is 20.5 Å². The lowest BCUT2D eigenvalue weighted by atomic mass is 9.98. The number of benzene rings is 1. The third-order valence-electron chi connectivity index (χ3n) is 5.44. The highest BCUT2D eigenvalue weighted by molar-refractivity contribution is 7.19. The van der Waals surface area contributed by atoms with E-state index in [1.807, 2.05) is 25.1 Å². The molecule has 31 heavy (non-hydrogen) atoms. The van der Waals surface area contributed by atoms with Gasteiger partial charge in [0.05, 0.1) is 6.04 Å². The zero-order chi connectivity index (χ0) is 21.3. The molecule has 2 atom stereocenters. The number of thiophene rings is 1. The second-order valence-electron chi connectivity index (χ2n) is 7.57. The van der Waals surface area contributed by atoms with Crippen LogP contribution in [0.4, 0.5) is 5.82 Å². The van der Waals surface area contributed by atoms with E-state index < -0.39 is 6.04 Å². The number of hydrogen-bond acceptors (Lipinski definition) is 6. The maximum Gasteiger partial charge on any atom is 0.242 e. The summed E-state index contributed by atoms with van der Waals surface area (Å²) >= 11 is 1.77. The molecular weight excluding hydrogens is 434 g/mol. The van der Waals surface area contributed by atoms with Gasteiger partial charge in [-0.2, -0.15) is 0 Å². The second-order valence-corrected chi connectivity index (χ2v) is 8.70. The molecule has 0 fully saturated rings. The minimum atomic E-state index is -0.637. The number of aryl methyl sites for hydroxylation is 1. The smallest absolute Gasteiger partial charge is 0.242 e. The number of carbonyl (C=O) groups excluding carboxylic acids is 2. The molecule has 0 radical (unpaired) electrons. The van der Waals surface area contributed by atoms with Gasteiger partial charge in [-0.1, -0.05) is 24.3 Å². The fourth-order valence-electron chi connectivity index (χ4n) is 3.70.